The van der Waals surface area contributed by atoms with Gasteiger partial charge in [0.2, 0.25) is 0 Å². The van der Waals surface area contributed by atoms with Crippen LogP contribution in [0.1, 0.15) is 28.8 Å². The average Bonchev–Trinajstić information content (AvgIpc) is 2.84. The molecule has 4 rings (SSSR count). The molecule has 2 aromatic rings. The number of amides is 1. The third-order valence-electron chi connectivity index (χ3n) is 6.39. The molecule has 0 bridgehead atoms. The highest BCUT2D eigenvalue weighted by Crippen LogP contribution is 2.30. The van der Waals surface area contributed by atoms with Crippen molar-refractivity contribution in [1.82, 2.24) is 4.90 Å². The average molecular weight is 478 g/mol. The summed E-state index contributed by atoms with van der Waals surface area (Å²) in [5, 5.41) is 2.72. The zero-order valence-electron chi connectivity index (χ0n) is 19.2. The minimum absolute atomic E-state index is 0.0311. The van der Waals surface area contributed by atoms with Gasteiger partial charge in [-0.15, -0.1) is 0 Å². The number of alkyl halides is 3. The molecule has 0 aliphatic carbocycles. The van der Waals surface area contributed by atoms with Crippen molar-refractivity contribution in [3.63, 3.8) is 0 Å². The van der Waals surface area contributed by atoms with Gasteiger partial charge < -0.3 is 24.6 Å². The molecule has 2 aliphatic heterocycles. The summed E-state index contributed by atoms with van der Waals surface area (Å²) >= 11 is 0. The summed E-state index contributed by atoms with van der Waals surface area (Å²) in [5.41, 5.74) is 0.654. The quantitative estimate of drug-likeness (QED) is 0.674. The van der Waals surface area contributed by atoms with E-state index in [1.807, 2.05) is 18.2 Å². The Kier molecular flexibility index (Phi) is 7.75. The Morgan fingerprint density at radius 3 is 2.59 bits per heavy atom. The van der Waals surface area contributed by atoms with E-state index in [9.17, 15) is 18.0 Å². The van der Waals surface area contributed by atoms with Crippen molar-refractivity contribution in [3.05, 3.63) is 59.7 Å². The zero-order chi connectivity index (χ0) is 24.1. The van der Waals surface area contributed by atoms with Gasteiger partial charge in [-0.1, -0.05) is 12.1 Å². The highest BCUT2D eigenvalue weighted by Gasteiger charge is 2.31. The molecule has 6 nitrogen and oxygen atoms in total. The molecule has 2 fully saturated rings. The first kappa shape index (κ1) is 24.5. The second-order valence-corrected chi connectivity index (χ2v) is 8.81. The number of anilines is 2. The van der Waals surface area contributed by atoms with Crippen LogP contribution in [0, 0.1) is 0 Å². The maximum Gasteiger partial charge on any atom is 0.416 e. The van der Waals surface area contributed by atoms with Crippen LogP contribution in [-0.2, 0) is 15.7 Å². The summed E-state index contributed by atoms with van der Waals surface area (Å²) in [7, 11) is 2.13. The number of halogens is 3. The van der Waals surface area contributed by atoms with Crippen molar-refractivity contribution in [2.24, 2.45) is 0 Å². The van der Waals surface area contributed by atoms with Crippen LogP contribution >= 0.6 is 0 Å². The highest BCUT2D eigenvalue weighted by molar-refractivity contribution is 6.04. The topological polar surface area (TPSA) is 54.0 Å². The lowest BCUT2D eigenvalue weighted by Gasteiger charge is -2.39. The minimum Gasteiger partial charge on any atom is -0.376 e. The number of carbonyl (C=O) groups excluding carboxylic acids is 1. The molecule has 34 heavy (non-hydrogen) atoms. The molecule has 2 heterocycles. The van der Waals surface area contributed by atoms with Gasteiger partial charge in [0.15, 0.2) is 0 Å². The SMILES string of the molecule is CN(CC1COCCO1)C1CCN(c2cccc(NC(=O)c3cccc(C(F)(F)F)c3)c2)CC1. The number of rotatable bonds is 6. The number of piperidine rings is 1. The predicted molar refractivity (Wildman–Crippen MR) is 124 cm³/mol. The van der Waals surface area contributed by atoms with E-state index in [1.54, 1.807) is 6.07 Å². The van der Waals surface area contributed by atoms with Gasteiger partial charge in [-0.2, -0.15) is 13.2 Å². The van der Waals surface area contributed by atoms with Gasteiger partial charge in [0.05, 0.1) is 31.5 Å². The van der Waals surface area contributed by atoms with Crippen LogP contribution in [0.5, 0.6) is 0 Å². The first-order valence-corrected chi connectivity index (χ1v) is 11.5. The molecule has 2 saturated heterocycles. The standard InChI is InChI=1S/C25H30F3N3O3/c1-30(16-23-17-33-12-13-34-23)21-8-10-31(11-9-21)22-7-3-6-20(15-22)29-24(32)18-4-2-5-19(14-18)25(26,27)28/h2-7,14-15,21,23H,8-13,16-17H2,1H3,(H,29,32). The molecule has 0 radical (unpaired) electrons. The molecular weight excluding hydrogens is 447 g/mol. The number of nitrogens with zero attached hydrogens (tertiary/aromatic N) is 2. The van der Waals surface area contributed by atoms with E-state index in [4.69, 9.17) is 9.47 Å². The molecule has 0 saturated carbocycles. The molecule has 1 amide bonds. The van der Waals surface area contributed by atoms with Crippen molar-refractivity contribution in [2.75, 3.05) is 56.7 Å². The van der Waals surface area contributed by atoms with Gasteiger partial charge in [0.25, 0.3) is 5.91 Å². The summed E-state index contributed by atoms with van der Waals surface area (Å²) < 4.78 is 50.1. The molecule has 1 atom stereocenters. The molecule has 184 valence electrons. The summed E-state index contributed by atoms with van der Waals surface area (Å²) in [6, 6.07) is 12.3. The lowest BCUT2D eigenvalue weighted by Crippen LogP contribution is -2.47. The van der Waals surface area contributed by atoms with Gasteiger partial charge >= 0.3 is 6.18 Å². The number of likely N-dealkylation sites (N-methyl/N-ethyl adjacent to an activating group) is 1. The largest absolute Gasteiger partial charge is 0.416 e. The molecule has 0 spiro atoms. The van der Waals surface area contributed by atoms with E-state index in [0.717, 1.165) is 50.3 Å². The monoisotopic (exact) mass is 477 g/mol. The van der Waals surface area contributed by atoms with Gasteiger partial charge in [-0.3, -0.25) is 4.79 Å². The summed E-state index contributed by atoms with van der Waals surface area (Å²) in [4.78, 5) is 17.2. The van der Waals surface area contributed by atoms with Crippen molar-refractivity contribution in [3.8, 4) is 0 Å². The van der Waals surface area contributed by atoms with E-state index >= 15 is 0 Å². The van der Waals surface area contributed by atoms with Gasteiger partial charge in [-0.05, 0) is 56.3 Å². The fourth-order valence-electron chi connectivity index (χ4n) is 4.50. The highest BCUT2D eigenvalue weighted by atomic mass is 19.4. The number of carbonyl (C=O) groups is 1. The van der Waals surface area contributed by atoms with Crippen molar-refractivity contribution in [1.29, 1.82) is 0 Å². The van der Waals surface area contributed by atoms with Gasteiger partial charge in [0, 0.05) is 42.6 Å². The Hall–Kier alpha value is -2.62. The number of ether oxygens (including phenoxy) is 2. The van der Waals surface area contributed by atoms with Crippen molar-refractivity contribution in [2.45, 2.75) is 31.2 Å². The van der Waals surface area contributed by atoms with Gasteiger partial charge in [0.1, 0.15) is 0 Å². The number of hydrogen-bond donors (Lipinski definition) is 1. The van der Waals surface area contributed by atoms with E-state index in [2.05, 4.69) is 22.2 Å². The van der Waals surface area contributed by atoms with Crippen LogP contribution in [0.3, 0.4) is 0 Å². The molecule has 0 aromatic heterocycles. The first-order valence-electron chi connectivity index (χ1n) is 11.5. The number of benzene rings is 2. The van der Waals surface area contributed by atoms with Crippen LogP contribution in [-0.4, -0.2) is 69.5 Å². The van der Waals surface area contributed by atoms with Crippen LogP contribution in [0.4, 0.5) is 24.5 Å². The van der Waals surface area contributed by atoms with Crippen LogP contribution < -0.4 is 10.2 Å². The van der Waals surface area contributed by atoms with Crippen molar-refractivity contribution < 1.29 is 27.4 Å². The Morgan fingerprint density at radius 1 is 1.12 bits per heavy atom. The van der Waals surface area contributed by atoms with E-state index < -0.39 is 17.6 Å². The maximum atomic E-state index is 13.0. The summed E-state index contributed by atoms with van der Waals surface area (Å²) in [6.07, 6.45) is -2.36. The lowest BCUT2D eigenvalue weighted by molar-refractivity contribution is -0.137. The van der Waals surface area contributed by atoms with Crippen LogP contribution in [0.2, 0.25) is 0 Å². The lowest BCUT2D eigenvalue weighted by atomic mass is 10.0. The first-order chi connectivity index (χ1) is 16.3. The third kappa shape index (κ3) is 6.28. The Bertz CT molecular complexity index is 971. The maximum absolute atomic E-state index is 13.0. The smallest absolute Gasteiger partial charge is 0.376 e. The fourth-order valence-corrected chi connectivity index (χ4v) is 4.50. The number of nitrogens with one attached hydrogen (secondary N) is 1. The minimum atomic E-state index is -4.49. The van der Waals surface area contributed by atoms with E-state index in [0.29, 0.717) is 31.5 Å². The molecule has 9 heteroatoms. The van der Waals surface area contributed by atoms with Crippen molar-refractivity contribution >= 4 is 17.3 Å². The predicted octanol–water partition coefficient (Wildman–Crippen LogP) is 4.27. The van der Waals surface area contributed by atoms with E-state index in [-0.39, 0.29) is 11.7 Å². The van der Waals surface area contributed by atoms with Gasteiger partial charge in [-0.25, -0.2) is 0 Å². The second-order valence-electron chi connectivity index (χ2n) is 8.81. The second kappa shape index (κ2) is 10.8. The normalized spacial score (nSPS) is 19.9. The Balaban J connectivity index is 1.33. The fraction of sp³-hybridized carbons (Fsp3) is 0.480. The molecule has 2 aliphatic rings. The number of hydrogen-bond acceptors (Lipinski definition) is 5. The molecule has 2 aromatic carbocycles. The molecule has 1 unspecified atom stereocenters. The van der Waals surface area contributed by atoms with E-state index in [1.165, 1.54) is 12.1 Å². The zero-order valence-corrected chi connectivity index (χ0v) is 19.2. The summed E-state index contributed by atoms with van der Waals surface area (Å²) in [5.74, 6) is -0.572. The Labute approximate surface area is 197 Å². The van der Waals surface area contributed by atoms with Crippen LogP contribution in [0.25, 0.3) is 0 Å². The summed E-state index contributed by atoms with van der Waals surface area (Å²) in [6.45, 7) is 4.56. The van der Waals surface area contributed by atoms with Crippen LogP contribution in [0.15, 0.2) is 48.5 Å². The molecular formula is C25H30F3N3O3. The third-order valence-corrected chi connectivity index (χ3v) is 6.39. The Morgan fingerprint density at radius 2 is 1.88 bits per heavy atom. The molecule has 1 N–H and O–H groups in total.